The lowest BCUT2D eigenvalue weighted by Crippen LogP contribution is -2.58. The van der Waals surface area contributed by atoms with Crippen molar-refractivity contribution in [3.8, 4) is 11.5 Å². The van der Waals surface area contributed by atoms with Crippen molar-refractivity contribution in [1.29, 1.82) is 0 Å². The fourth-order valence-electron chi connectivity index (χ4n) is 6.75. The SMILES string of the molecule is COc1ccc(N2C(=O)[C@@H]3C4c5ccccc5C([C@@H](C)O)(c5ccccc54)[C@H]3C2=O)c(OC)c1. The first-order valence-electron chi connectivity index (χ1n) is 11.4. The number of rotatable bonds is 4. The fourth-order valence-corrected chi connectivity index (χ4v) is 6.75. The van der Waals surface area contributed by atoms with Crippen molar-refractivity contribution in [2.45, 2.75) is 24.4 Å². The Morgan fingerprint density at radius 2 is 1.50 bits per heavy atom. The minimum atomic E-state index is -1.02. The highest BCUT2D eigenvalue weighted by Crippen LogP contribution is 2.65. The molecular formula is C28H25NO5. The Bertz CT molecular complexity index is 1300. The molecule has 2 amide bonds. The molecule has 6 heteroatoms. The van der Waals surface area contributed by atoms with Crippen LogP contribution in [0.25, 0.3) is 0 Å². The van der Waals surface area contributed by atoms with E-state index in [1.54, 1.807) is 32.2 Å². The predicted octanol–water partition coefficient (Wildman–Crippen LogP) is 3.64. The molecule has 0 unspecified atom stereocenters. The van der Waals surface area contributed by atoms with E-state index in [1.807, 2.05) is 48.5 Å². The lowest BCUT2D eigenvalue weighted by molar-refractivity contribution is -0.126. The number of ether oxygens (including phenoxy) is 2. The van der Waals surface area contributed by atoms with Crippen LogP contribution in [0.2, 0.25) is 0 Å². The number of carbonyl (C=O) groups is 2. The maximum atomic E-state index is 14.2. The molecule has 2 bridgehead atoms. The molecule has 3 aromatic rings. The zero-order valence-corrected chi connectivity index (χ0v) is 19.2. The van der Waals surface area contributed by atoms with Gasteiger partial charge in [0, 0.05) is 12.0 Å². The molecule has 1 N–H and O–H groups in total. The summed E-state index contributed by atoms with van der Waals surface area (Å²) in [6, 6.07) is 20.9. The van der Waals surface area contributed by atoms with Gasteiger partial charge in [-0.3, -0.25) is 9.59 Å². The van der Waals surface area contributed by atoms with Crippen LogP contribution in [0.1, 0.15) is 35.1 Å². The minimum Gasteiger partial charge on any atom is -0.497 e. The third kappa shape index (κ3) is 2.33. The van der Waals surface area contributed by atoms with Crippen LogP contribution in [0.4, 0.5) is 5.69 Å². The molecule has 4 aliphatic rings. The van der Waals surface area contributed by atoms with Crippen molar-refractivity contribution in [3.05, 3.63) is 89.0 Å². The van der Waals surface area contributed by atoms with Gasteiger partial charge in [-0.2, -0.15) is 0 Å². The van der Waals surface area contributed by atoms with Crippen molar-refractivity contribution in [2.75, 3.05) is 19.1 Å². The molecule has 1 aliphatic heterocycles. The summed E-state index contributed by atoms with van der Waals surface area (Å²) in [5, 5.41) is 11.4. The molecule has 0 saturated carbocycles. The third-order valence-electron chi connectivity index (χ3n) is 7.97. The predicted molar refractivity (Wildman–Crippen MR) is 126 cm³/mol. The van der Waals surface area contributed by atoms with Gasteiger partial charge in [-0.1, -0.05) is 48.5 Å². The summed E-state index contributed by atoms with van der Waals surface area (Å²) in [4.78, 5) is 29.5. The molecule has 1 saturated heterocycles. The van der Waals surface area contributed by atoms with Gasteiger partial charge in [-0.05, 0) is 41.3 Å². The minimum absolute atomic E-state index is 0.260. The summed E-state index contributed by atoms with van der Waals surface area (Å²) in [5.41, 5.74) is 3.25. The van der Waals surface area contributed by atoms with E-state index in [-0.39, 0.29) is 17.7 Å². The van der Waals surface area contributed by atoms with Gasteiger partial charge in [0.25, 0.3) is 0 Å². The molecule has 3 aliphatic carbocycles. The lowest BCUT2D eigenvalue weighted by atomic mass is 9.46. The van der Waals surface area contributed by atoms with Crippen molar-refractivity contribution in [2.24, 2.45) is 11.8 Å². The zero-order valence-electron chi connectivity index (χ0n) is 19.2. The monoisotopic (exact) mass is 455 g/mol. The molecule has 7 rings (SSSR count). The van der Waals surface area contributed by atoms with Crippen LogP contribution in [0.3, 0.4) is 0 Å². The summed E-state index contributed by atoms with van der Waals surface area (Å²) in [5.74, 6) is -1.22. The van der Waals surface area contributed by atoms with Crippen molar-refractivity contribution in [1.82, 2.24) is 0 Å². The number of benzene rings is 3. The average molecular weight is 456 g/mol. The van der Waals surface area contributed by atoms with Crippen LogP contribution in [0.5, 0.6) is 11.5 Å². The smallest absolute Gasteiger partial charge is 0.239 e. The maximum absolute atomic E-state index is 14.2. The first-order valence-corrected chi connectivity index (χ1v) is 11.4. The number of methoxy groups -OCH3 is 2. The average Bonchev–Trinajstić information content (AvgIpc) is 3.13. The van der Waals surface area contributed by atoms with E-state index in [1.165, 1.54) is 12.0 Å². The topological polar surface area (TPSA) is 76.1 Å². The van der Waals surface area contributed by atoms with E-state index in [4.69, 9.17) is 9.47 Å². The van der Waals surface area contributed by atoms with Crippen LogP contribution in [-0.2, 0) is 15.0 Å². The Morgan fingerprint density at radius 1 is 0.882 bits per heavy atom. The number of amides is 2. The Morgan fingerprint density at radius 3 is 2.06 bits per heavy atom. The molecule has 0 spiro atoms. The number of hydrogen-bond acceptors (Lipinski definition) is 5. The summed E-state index contributed by atoms with van der Waals surface area (Å²) >= 11 is 0. The van der Waals surface area contributed by atoms with Gasteiger partial charge in [0.2, 0.25) is 11.8 Å². The summed E-state index contributed by atoms with van der Waals surface area (Å²) in [6.07, 6.45) is -0.891. The van der Waals surface area contributed by atoms with Crippen LogP contribution >= 0.6 is 0 Å². The highest BCUT2D eigenvalue weighted by atomic mass is 16.5. The van der Waals surface area contributed by atoms with Crippen molar-refractivity contribution < 1.29 is 24.2 Å². The molecule has 172 valence electrons. The number of anilines is 1. The number of aliphatic hydroxyl groups is 1. The highest BCUT2D eigenvalue weighted by molar-refractivity contribution is 6.24. The summed E-state index contributed by atoms with van der Waals surface area (Å²) in [7, 11) is 3.05. The Kier molecular flexibility index (Phi) is 4.42. The van der Waals surface area contributed by atoms with Gasteiger partial charge in [0.15, 0.2) is 0 Å². The normalized spacial score (nSPS) is 27.2. The van der Waals surface area contributed by atoms with E-state index in [2.05, 4.69) is 0 Å². The first kappa shape index (κ1) is 20.9. The fraction of sp³-hybridized carbons (Fsp3) is 0.286. The van der Waals surface area contributed by atoms with E-state index >= 15 is 0 Å². The Hall–Kier alpha value is -3.64. The summed E-state index contributed by atoms with van der Waals surface area (Å²) in [6.45, 7) is 1.73. The van der Waals surface area contributed by atoms with Crippen LogP contribution in [0, 0.1) is 11.8 Å². The second-order valence-corrected chi connectivity index (χ2v) is 9.25. The largest absolute Gasteiger partial charge is 0.497 e. The quantitative estimate of drug-likeness (QED) is 0.608. The molecule has 1 fully saturated rings. The van der Waals surface area contributed by atoms with Gasteiger partial charge in [0.05, 0.1) is 43.3 Å². The second kappa shape index (κ2) is 7.18. The van der Waals surface area contributed by atoms with Gasteiger partial charge in [-0.15, -0.1) is 0 Å². The standard InChI is InChI=1S/C28H25NO5/c1-15(30)28-19-10-6-4-8-17(19)23(18-9-5-7-11-20(18)28)24-25(28)27(32)29(26(24)31)21-13-12-16(33-2)14-22(21)34-3/h4-15,23-25,30H,1-3H3/t15-,23?,24-,25-,28?/m1/s1. The first-order chi connectivity index (χ1) is 16.5. The molecule has 3 atom stereocenters. The van der Waals surface area contributed by atoms with Gasteiger partial charge in [-0.25, -0.2) is 4.90 Å². The lowest BCUT2D eigenvalue weighted by Gasteiger charge is -2.55. The third-order valence-corrected chi connectivity index (χ3v) is 7.97. The van der Waals surface area contributed by atoms with Crippen LogP contribution < -0.4 is 14.4 Å². The highest BCUT2D eigenvalue weighted by Gasteiger charge is 2.69. The van der Waals surface area contributed by atoms with E-state index < -0.39 is 23.4 Å². The van der Waals surface area contributed by atoms with Gasteiger partial charge >= 0.3 is 0 Å². The second-order valence-electron chi connectivity index (χ2n) is 9.25. The molecule has 0 radical (unpaired) electrons. The molecular weight excluding hydrogens is 430 g/mol. The molecule has 1 heterocycles. The van der Waals surface area contributed by atoms with Crippen LogP contribution in [-0.4, -0.2) is 37.2 Å². The number of imide groups is 1. The van der Waals surface area contributed by atoms with Crippen LogP contribution in [0.15, 0.2) is 66.7 Å². The molecule has 3 aromatic carbocycles. The molecule has 0 aromatic heterocycles. The van der Waals surface area contributed by atoms with E-state index in [0.717, 1.165) is 22.3 Å². The number of carbonyl (C=O) groups excluding carboxylic acids is 2. The zero-order chi connectivity index (χ0) is 23.8. The van der Waals surface area contributed by atoms with Gasteiger partial charge in [0.1, 0.15) is 11.5 Å². The van der Waals surface area contributed by atoms with Gasteiger partial charge < -0.3 is 14.6 Å². The van der Waals surface area contributed by atoms with E-state index in [0.29, 0.717) is 17.2 Å². The molecule has 34 heavy (non-hydrogen) atoms. The maximum Gasteiger partial charge on any atom is 0.239 e. The number of nitrogens with zero attached hydrogens (tertiary/aromatic N) is 1. The summed E-state index contributed by atoms with van der Waals surface area (Å²) < 4.78 is 10.8. The van der Waals surface area contributed by atoms with Crippen molar-refractivity contribution >= 4 is 17.5 Å². The number of hydrogen-bond donors (Lipinski definition) is 1. The van der Waals surface area contributed by atoms with Crippen molar-refractivity contribution in [3.63, 3.8) is 0 Å². The Labute approximate surface area is 197 Å². The Balaban J connectivity index is 1.62. The molecule has 6 nitrogen and oxygen atoms in total. The number of aliphatic hydroxyl groups excluding tert-OH is 1. The van der Waals surface area contributed by atoms with E-state index in [9.17, 15) is 14.7 Å².